The maximum atomic E-state index is 12.2. The van der Waals surface area contributed by atoms with Crippen LogP contribution in [0.1, 0.15) is 96.8 Å². The minimum atomic E-state index is -0.193. The molecular weight excluding hydrogens is 316 g/mol. The largest absolute Gasteiger partial charge is 0.469 e. The third-order valence-corrected chi connectivity index (χ3v) is 5.63. The number of methoxy groups -OCH3 is 1. The van der Waals surface area contributed by atoms with Crippen LogP contribution in [0.15, 0.2) is 0 Å². The molecule has 0 aromatic heterocycles. The molecule has 0 heterocycles. The van der Waals surface area contributed by atoms with Crippen molar-refractivity contribution in [1.29, 1.82) is 0 Å². The summed E-state index contributed by atoms with van der Waals surface area (Å²) in [7, 11) is 1.43. The van der Waals surface area contributed by atoms with Crippen LogP contribution < -0.4 is 0 Å². The zero-order valence-corrected chi connectivity index (χ0v) is 16.3. The van der Waals surface area contributed by atoms with Crippen molar-refractivity contribution in [3.63, 3.8) is 0 Å². The first-order chi connectivity index (χ1) is 12.1. The smallest absolute Gasteiger partial charge is 0.305 e. The molecule has 25 heavy (non-hydrogen) atoms. The molecule has 4 heteroatoms. The van der Waals surface area contributed by atoms with Crippen molar-refractivity contribution in [1.82, 2.24) is 0 Å². The Bertz CT molecular complexity index is 380. The Balaban J connectivity index is 2.18. The van der Waals surface area contributed by atoms with Crippen LogP contribution in [0.3, 0.4) is 0 Å². The molecule has 1 fully saturated rings. The molecule has 0 bridgehead atoms. The number of Topliss-reactive ketones (excluding diaryl/α,β-unsaturated/α-hetero) is 1. The van der Waals surface area contributed by atoms with Gasteiger partial charge in [-0.15, -0.1) is 0 Å². The van der Waals surface area contributed by atoms with Gasteiger partial charge >= 0.3 is 5.97 Å². The summed E-state index contributed by atoms with van der Waals surface area (Å²) in [6.07, 6.45) is 13.3. The van der Waals surface area contributed by atoms with Crippen LogP contribution in [-0.2, 0) is 14.3 Å². The van der Waals surface area contributed by atoms with Gasteiger partial charge in [-0.2, -0.15) is 0 Å². The number of aliphatic hydroxyl groups excluding tert-OH is 1. The van der Waals surface area contributed by atoms with E-state index < -0.39 is 0 Å². The number of aliphatic hydroxyl groups is 1. The van der Waals surface area contributed by atoms with Crippen molar-refractivity contribution in [3.8, 4) is 0 Å². The lowest BCUT2D eigenvalue weighted by Gasteiger charge is -2.20. The minimum Gasteiger partial charge on any atom is -0.469 e. The number of carbonyl (C=O) groups is 2. The predicted molar refractivity (Wildman–Crippen MR) is 100 cm³/mol. The number of ether oxygens (including phenoxy) is 1. The molecule has 0 radical (unpaired) electrons. The van der Waals surface area contributed by atoms with Gasteiger partial charge in [-0.1, -0.05) is 45.4 Å². The van der Waals surface area contributed by atoms with Gasteiger partial charge in [0.1, 0.15) is 5.78 Å². The van der Waals surface area contributed by atoms with E-state index in [4.69, 9.17) is 0 Å². The van der Waals surface area contributed by atoms with E-state index in [1.54, 1.807) is 0 Å². The maximum absolute atomic E-state index is 12.2. The Kier molecular flexibility index (Phi) is 11.8. The Hall–Kier alpha value is -0.900. The van der Waals surface area contributed by atoms with Gasteiger partial charge in [0, 0.05) is 18.8 Å². The number of ketones is 1. The second-order valence-corrected chi connectivity index (χ2v) is 7.63. The van der Waals surface area contributed by atoms with Gasteiger partial charge in [-0.25, -0.2) is 0 Å². The quantitative estimate of drug-likeness (QED) is 0.359. The van der Waals surface area contributed by atoms with Gasteiger partial charge in [-0.05, 0) is 44.4 Å². The molecule has 1 N–H and O–H groups in total. The number of rotatable bonds is 14. The second-order valence-electron chi connectivity index (χ2n) is 7.63. The SMILES string of the molecule is CCCCC[C@H](O)CC[C@H]1CCC(=O)[C@@H]1CCCCCCC(=O)OC. The van der Waals surface area contributed by atoms with E-state index in [9.17, 15) is 14.7 Å². The summed E-state index contributed by atoms with van der Waals surface area (Å²) < 4.78 is 4.64. The lowest BCUT2D eigenvalue weighted by molar-refractivity contribution is -0.140. The first kappa shape index (κ1) is 22.1. The highest BCUT2D eigenvalue weighted by Crippen LogP contribution is 2.36. The number of carbonyl (C=O) groups excluding carboxylic acids is 2. The third-order valence-electron chi connectivity index (χ3n) is 5.63. The number of hydrogen-bond acceptors (Lipinski definition) is 4. The van der Waals surface area contributed by atoms with E-state index in [-0.39, 0.29) is 18.0 Å². The molecule has 146 valence electrons. The van der Waals surface area contributed by atoms with Gasteiger partial charge in [0.05, 0.1) is 13.2 Å². The molecule has 1 rings (SSSR count). The highest BCUT2D eigenvalue weighted by molar-refractivity contribution is 5.83. The molecule has 0 unspecified atom stereocenters. The lowest BCUT2D eigenvalue weighted by Crippen LogP contribution is -2.17. The molecule has 3 atom stereocenters. The van der Waals surface area contributed by atoms with Crippen LogP contribution in [0.5, 0.6) is 0 Å². The van der Waals surface area contributed by atoms with Gasteiger partial charge < -0.3 is 9.84 Å². The van der Waals surface area contributed by atoms with Crippen molar-refractivity contribution in [3.05, 3.63) is 0 Å². The zero-order valence-electron chi connectivity index (χ0n) is 16.3. The zero-order chi connectivity index (χ0) is 18.5. The van der Waals surface area contributed by atoms with E-state index in [0.29, 0.717) is 18.1 Å². The Morgan fingerprint density at radius 3 is 2.60 bits per heavy atom. The van der Waals surface area contributed by atoms with Crippen LogP contribution in [0.25, 0.3) is 0 Å². The van der Waals surface area contributed by atoms with E-state index in [0.717, 1.165) is 70.6 Å². The monoisotopic (exact) mass is 354 g/mol. The fourth-order valence-electron chi connectivity index (χ4n) is 3.99. The summed E-state index contributed by atoms with van der Waals surface area (Å²) in [5.74, 6) is 0.982. The standard InChI is InChI=1S/C21H38O4/c1-3-4-7-10-18(22)15-13-17-14-16-20(23)19(17)11-8-5-6-9-12-21(24)25-2/h17-19,22H,3-16H2,1-2H3/t17-,18-,19+/m0/s1. The molecule has 0 spiro atoms. The molecule has 1 saturated carbocycles. The summed E-state index contributed by atoms with van der Waals surface area (Å²) in [6, 6.07) is 0. The Morgan fingerprint density at radius 2 is 1.88 bits per heavy atom. The number of unbranched alkanes of at least 4 members (excludes halogenated alkanes) is 5. The molecule has 4 nitrogen and oxygen atoms in total. The van der Waals surface area contributed by atoms with E-state index >= 15 is 0 Å². The molecule has 0 aromatic carbocycles. The topological polar surface area (TPSA) is 63.6 Å². The summed E-state index contributed by atoms with van der Waals surface area (Å²) in [5.41, 5.74) is 0. The second kappa shape index (κ2) is 13.3. The average Bonchev–Trinajstić information content (AvgIpc) is 2.96. The average molecular weight is 355 g/mol. The van der Waals surface area contributed by atoms with Crippen molar-refractivity contribution in [2.45, 2.75) is 103 Å². The van der Waals surface area contributed by atoms with E-state index in [2.05, 4.69) is 11.7 Å². The third kappa shape index (κ3) is 9.39. The van der Waals surface area contributed by atoms with Crippen LogP contribution in [0.4, 0.5) is 0 Å². The molecular formula is C21H38O4. The fourth-order valence-corrected chi connectivity index (χ4v) is 3.99. The first-order valence-corrected chi connectivity index (χ1v) is 10.4. The van der Waals surface area contributed by atoms with Gasteiger partial charge in [0.15, 0.2) is 0 Å². The summed E-state index contributed by atoms with van der Waals surface area (Å²) in [5, 5.41) is 10.1. The maximum Gasteiger partial charge on any atom is 0.305 e. The van der Waals surface area contributed by atoms with Crippen molar-refractivity contribution >= 4 is 11.8 Å². The number of esters is 1. The van der Waals surface area contributed by atoms with Crippen LogP contribution in [0.2, 0.25) is 0 Å². The van der Waals surface area contributed by atoms with Crippen molar-refractivity contribution in [2.24, 2.45) is 11.8 Å². The lowest BCUT2D eigenvalue weighted by atomic mass is 9.86. The fraction of sp³-hybridized carbons (Fsp3) is 0.905. The van der Waals surface area contributed by atoms with Crippen LogP contribution in [0, 0.1) is 11.8 Å². The molecule has 1 aliphatic rings. The normalized spacial score (nSPS) is 21.5. The van der Waals surface area contributed by atoms with E-state index in [1.165, 1.54) is 20.0 Å². The first-order valence-electron chi connectivity index (χ1n) is 10.4. The van der Waals surface area contributed by atoms with Gasteiger partial charge in [0.2, 0.25) is 0 Å². The van der Waals surface area contributed by atoms with Gasteiger partial charge in [-0.3, -0.25) is 9.59 Å². The van der Waals surface area contributed by atoms with E-state index in [1.807, 2.05) is 0 Å². The Labute approximate surface area is 153 Å². The highest BCUT2D eigenvalue weighted by Gasteiger charge is 2.33. The molecule has 0 amide bonds. The highest BCUT2D eigenvalue weighted by atomic mass is 16.5. The molecule has 1 aliphatic carbocycles. The Morgan fingerprint density at radius 1 is 1.12 bits per heavy atom. The van der Waals surface area contributed by atoms with Crippen LogP contribution >= 0.6 is 0 Å². The van der Waals surface area contributed by atoms with Crippen molar-refractivity contribution < 1.29 is 19.4 Å². The summed E-state index contributed by atoms with van der Waals surface area (Å²) >= 11 is 0. The van der Waals surface area contributed by atoms with Crippen molar-refractivity contribution in [2.75, 3.05) is 7.11 Å². The van der Waals surface area contributed by atoms with Gasteiger partial charge in [0.25, 0.3) is 0 Å². The molecule has 0 aromatic rings. The number of hydrogen-bond donors (Lipinski definition) is 1. The summed E-state index contributed by atoms with van der Waals surface area (Å²) in [6.45, 7) is 2.18. The minimum absolute atomic E-state index is 0.136. The predicted octanol–water partition coefficient (Wildman–Crippen LogP) is 4.82. The molecule has 0 saturated heterocycles. The summed E-state index contributed by atoms with van der Waals surface area (Å²) in [4.78, 5) is 23.2. The van der Waals surface area contributed by atoms with Crippen LogP contribution in [-0.4, -0.2) is 30.1 Å². The molecule has 0 aliphatic heterocycles.